The van der Waals surface area contributed by atoms with Gasteiger partial charge in [-0.3, -0.25) is 19.2 Å². The van der Waals surface area contributed by atoms with Crippen LogP contribution in [0, 0.1) is 5.92 Å². The molecule has 3 heterocycles. The minimum absolute atomic E-state index is 0.00837. The van der Waals surface area contributed by atoms with E-state index >= 15 is 4.79 Å². The number of aliphatic hydroxyl groups is 1. The van der Waals surface area contributed by atoms with Crippen molar-refractivity contribution in [2.24, 2.45) is 5.92 Å². The maximum Gasteiger partial charge on any atom is 0.264 e. The lowest BCUT2D eigenvalue weighted by Crippen LogP contribution is -2.51. The van der Waals surface area contributed by atoms with Crippen LogP contribution in [0.3, 0.4) is 0 Å². The zero-order chi connectivity index (χ0) is 37.3. The predicted molar refractivity (Wildman–Crippen MR) is 211 cm³/mol. The highest BCUT2D eigenvalue weighted by Crippen LogP contribution is 2.60. The van der Waals surface area contributed by atoms with Gasteiger partial charge in [0.15, 0.2) is 5.60 Å². The molecule has 0 unspecified atom stereocenters. The third kappa shape index (κ3) is 6.73. The number of amides is 2. The fraction of sp³-hybridized carbons (Fsp3) is 0.317. The summed E-state index contributed by atoms with van der Waals surface area (Å²) in [4.78, 5) is 31.0. The number of anilines is 3. The van der Waals surface area contributed by atoms with Crippen molar-refractivity contribution in [3.63, 3.8) is 0 Å². The molecule has 0 saturated carbocycles. The molecule has 7 rings (SSSR count). The number of rotatable bonds is 13. The van der Waals surface area contributed by atoms with Gasteiger partial charge in [-0.25, -0.2) is 0 Å². The molecule has 0 radical (unpaired) electrons. The van der Waals surface area contributed by atoms with Crippen molar-refractivity contribution in [3.8, 4) is 5.75 Å². The average molecular weight is 795 g/mol. The number of benzene rings is 4. The smallest absolute Gasteiger partial charge is 0.264 e. The summed E-state index contributed by atoms with van der Waals surface area (Å²) in [7, 11) is -0.673. The van der Waals surface area contributed by atoms with Crippen LogP contribution in [0.5, 0.6) is 5.75 Å². The number of aryl methyl sites for hydroxylation is 1. The highest BCUT2D eigenvalue weighted by Gasteiger charge is 2.66. The van der Waals surface area contributed by atoms with E-state index in [1.165, 1.54) is 5.19 Å². The number of halogens is 1. The third-order valence-corrected chi connectivity index (χ3v) is 15.9. The summed E-state index contributed by atoms with van der Waals surface area (Å²) in [5.74, 6) is 0.547. The first kappa shape index (κ1) is 36.7. The third-order valence-electron chi connectivity index (χ3n) is 11.1. The number of aromatic nitrogens is 3. The Bertz CT molecular complexity index is 2090. The quantitative estimate of drug-likeness (QED) is 0.104. The molecule has 1 spiro atoms. The molecule has 53 heavy (non-hydrogen) atoms. The second kappa shape index (κ2) is 15.0. The lowest BCUT2D eigenvalue weighted by atomic mass is 9.82. The summed E-state index contributed by atoms with van der Waals surface area (Å²) in [6.45, 7) is 7.80. The molecule has 1 aromatic heterocycles. The van der Waals surface area contributed by atoms with Gasteiger partial charge in [0.2, 0.25) is 6.41 Å². The zero-order valence-corrected chi connectivity index (χ0v) is 32.9. The van der Waals surface area contributed by atoms with Crippen LogP contribution in [0.4, 0.5) is 17.1 Å². The van der Waals surface area contributed by atoms with Crippen LogP contribution < -0.4 is 19.7 Å². The largest absolute Gasteiger partial charge is 0.497 e. The summed E-state index contributed by atoms with van der Waals surface area (Å²) in [5.41, 5.74) is 3.62. The molecule has 2 aliphatic rings. The van der Waals surface area contributed by atoms with Crippen molar-refractivity contribution >= 4 is 58.6 Å². The molecule has 0 bridgehead atoms. The molecule has 5 aromatic rings. The zero-order valence-electron chi connectivity index (χ0n) is 30.4. The first-order chi connectivity index (χ1) is 25.6. The van der Waals surface area contributed by atoms with E-state index in [2.05, 4.69) is 58.4 Å². The second-order valence-corrected chi connectivity index (χ2v) is 20.0. The van der Waals surface area contributed by atoms with Crippen molar-refractivity contribution in [1.82, 2.24) is 15.0 Å². The fourth-order valence-corrected chi connectivity index (χ4v) is 12.9. The molecule has 4 aromatic carbocycles. The average Bonchev–Trinajstić information content (AvgIpc) is 3.81. The summed E-state index contributed by atoms with van der Waals surface area (Å²) in [6, 6.07) is 31.6. The van der Waals surface area contributed by atoms with Crippen LogP contribution in [-0.4, -0.2) is 60.3 Å². The molecular weight excluding hydrogens is 750 g/mol. The lowest BCUT2D eigenvalue weighted by Gasteiger charge is -2.37. The predicted octanol–water partition coefficient (Wildman–Crippen LogP) is 6.73. The Morgan fingerprint density at radius 1 is 1.02 bits per heavy atom. The maximum atomic E-state index is 15.3. The summed E-state index contributed by atoms with van der Waals surface area (Å²) in [5, 5.41) is 19.2. The van der Waals surface area contributed by atoms with Gasteiger partial charge in [-0.05, 0) is 72.1 Å². The Morgan fingerprint density at radius 2 is 1.77 bits per heavy atom. The van der Waals surface area contributed by atoms with Gasteiger partial charge in [0.1, 0.15) is 5.75 Å². The van der Waals surface area contributed by atoms with Crippen LogP contribution in [0.1, 0.15) is 30.2 Å². The number of carbonyl (C=O) groups excluding carboxylic acids is 2. The Labute approximate surface area is 319 Å². The van der Waals surface area contributed by atoms with Crippen molar-refractivity contribution in [1.29, 1.82) is 0 Å². The van der Waals surface area contributed by atoms with Gasteiger partial charge in [-0.1, -0.05) is 88.8 Å². The van der Waals surface area contributed by atoms with E-state index in [-0.39, 0.29) is 30.1 Å². The number of aliphatic hydroxyl groups excluding tert-OH is 1. The SMILES string of the molecule is COc1ccc([Si](C)(C)[C@H]2[C@H](CCn3cc(CCO)nn3)O[C@@]3(C(=O)N(Cc4cccc(N(C=O)c5ccccc5)c4)c4ccc(Br)cc43)[C@@H]2C)cc1. The van der Waals surface area contributed by atoms with Crippen LogP contribution >= 0.6 is 15.9 Å². The summed E-state index contributed by atoms with van der Waals surface area (Å²) in [6.07, 6.45) is 3.50. The molecule has 1 saturated heterocycles. The molecule has 2 aliphatic heterocycles. The van der Waals surface area contributed by atoms with E-state index in [4.69, 9.17) is 9.47 Å². The number of carbonyl (C=O) groups is 2. The van der Waals surface area contributed by atoms with Crippen LogP contribution in [0.15, 0.2) is 108 Å². The first-order valence-electron chi connectivity index (χ1n) is 17.9. The number of hydrogen-bond donors (Lipinski definition) is 1. The molecule has 12 heteroatoms. The molecule has 2 amide bonds. The fourth-order valence-electron chi connectivity index (χ4n) is 8.50. The van der Waals surface area contributed by atoms with E-state index in [0.717, 1.165) is 44.8 Å². The van der Waals surface area contributed by atoms with Gasteiger partial charge in [-0.2, -0.15) is 0 Å². The second-order valence-electron chi connectivity index (χ2n) is 14.4. The molecule has 0 aliphatic carbocycles. The number of hydrogen-bond acceptors (Lipinski definition) is 7. The van der Waals surface area contributed by atoms with Crippen LogP contribution in [0.2, 0.25) is 18.6 Å². The van der Waals surface area contributed by atoms with Crippen molar-refractivity contribution in [3.05, 3.63) is 125 Å². The Hall–Kier alpha value is -4.62. The molecule has 1 N–H and O–H groups in total. The highest BCUT2D eigenvalue weighted by atomic mass is 79.9. The number of methoxy groups -OCH3 is 1. The number of nitrogens with zero attached hydrogens (tertiary/aromatic N) is 5. The number of ether oxygens (including phenoxy) is 2. The Morgan fingerprint density at radius 3 is 2.49 bits per heavy atom. The van der Waals surface area contributed by atoms with Gasteiger partial charge in [0.25, 0.3) is 5.91 Å². The summed E-state index contributed by atoms with van der Waals surface area (Å²) >= 11 is 3.71. The van der Waals surface area contributed by atoms with Gasteiger partial charge in [-0.15, -0.1) is 5.10 Å². The first-order valence-corrected chi connectivity index (χ1v) is 21.8. The van der Waals surface area contributed by atoms with Gasteiger partial charge < -0.3 is 19.5 Å². The van der Waals surface area contributed by atoms with Crippen LogP contribution in [0.25, 0.3) is 0 Å². The lowest BCUT2D eigenvalue weighted by molar-refractivity contribution is -0.146. The minimum atomic E-state index is -2.34. The molecule has 4 atom stereocenters. The van der Waals surface area contributed by atoms with E-state index < -0.39 is 13.7 Å². The highest BCUT2D eigenvalue weighted by molar-refractivity contribution is 9.10. The monoisotopic (exact) mass is 793 g/mol. The van der Waals surface area contributed by atoms with Crippen molar-refractivity contribution < 1.29 is 24.2 Å². The van der Waals surface area contributed by atoms with Gasteiger partial charge >= 0.3 is 0 Å². The van der Waals surface area contributed by atoms with Crippen LogP contribution in [-0.2, 0) is 39.4 Å². The molecule has 1 fully saturated rings. The Balaban J connectivity index is 1.26. The van der Waals surface area contributed by atoms with E-state index in [9.17, 15) is 9.90 Å². The van der Waals surface area contributed by atoms with E-state index in [1.807, 2.05) is 96.0 Å². The Kier molecular flexibility index (Phi) is 10.4. The van der Waals surface area contributed by atoms with Gasteiger partial charge in [0.05, 0.1) is 39.2 Å². The molecule has 10 nitrogen and oxygen atoms in total. The number of para-hydroxylation sites is 1. The van der Waals surface area contributed by atoms with E-state index in [0.29, 0.717) is 31.6 Å². The molecular formula is C41H44BrN5O5Si. The van der Waals surface area contributed by atoms with Crippen molar-refractivity contribution in [2.45, 2.75) is 63.2 Å². The minimum Gasteiger partial charge on any atom is -0.497 e. The topological polar surface area (TPSA) is 110 Å². The van der Waals surface area contributed by atoms with E-state index in [1.54, 1.807) is 16.7 Å². The summed E-state index contributed by atoms with van der Waals surface area (Å²) < 4.78 is 15.5. The van der Waals surface area contributed by atoms with Gasteiger partial charge in [0, 0.05) is 53.1 Å². The van der Waals surface area contributed by atoms with Crippen molar-refractivity contribution in [2.75, 3.05) is 23.5 Å². The number of fused-ring (bicyclic) bond motifs is 2. The standard InChI is InChI=1S/C41H44BrN5O5Si/c1-28-39(53(3,4)35-16-14-34(51-2)15-17-35)38(19-21-45-26-31(20-22-48)43-44-45)52-41(28)36-24-30(42)13-18-37(36)46(40(41)50)25-29-9-8-12-33(23-29)47(27-49)32-10-6-5-7-11-32/h5-18,23-24,26-28,38-39,48H,19-22,25H2,1-4H3/t28-,38+,39-,41+/m1/s1. The molecule has 274 valence electrons. The normalized spacial score (nSPS) is 20.9. The maximum absolute atomic E-state index is 15.3.